The maximum absolute atomic E-state index is 12.2. The second-order valence-electron chi connectivity index (χ2n) is 5.66. The maximum atomic E-state index is 12.2. The summed E-state index contributed by atoms with van der Waals surface area (Å²) in [6.45, 7) is 6.42. The second kappa shape index (κ2) is 3.96. The number of nitrogens with two attached hydrogens (primary N) is 1. The lowest BCUT2D eigenvalue weighted by Crippen LogP contribution is -2.27. The van der Waals surface area contributed by atoms with Crippen molar-refractivity contribution in [3.63, 3.8) is 0 Å². The number of nitrogens with zero attached hydrogens (tertiary/aromatic N) is 2. The van der Waals surface area contributed by atoms with Crippen molar-refractivity contribution in [2.24, 2.45) is 18.4 Å². The minimum Gasteiger partial charge on any atom is -0.381 e. The van der Waals surface area contributed by atoms with Crippen LogP contribution in [0.1, 0.15) is 26.0 Å². The SMILES string of the molecule is Cc1c(S(=O)(=O)NCC2CC2(C)C)c(N)nn1C. The average Bonchev–Trinajstić information content (AvgIpc) is 2.73. The molecule has 1 heterocycles. The van der Waals surface area contributed by atoms with Gasteiger partial charge in [-0.1, -0.05) is 13.8 Å². The molecule has 7 heteroatoms. The summed E-state index contributed by atoms with van der Waals surface area (Å²) < 4.78 is 28.5. The molecule has 18 heavy (non-hydrogen) atoms. The van der Waals surface area contributed by atoms with Gasteiger partial charge in [0.15, 0.2) is 5.82 Å². The monoisotopic (exact) mass is 272 g/mol. The fourth-order valence-electron chi connectivity index (χ4n) is 2.15. The third kappa shape index (κ3) is 2.24. The van der Waals surface area contributed by atoms with Crippen LogP contribution in [0.15, 0.2) is 4.90 Å². The van der Waals surface area contributed by atoms with Gasteiger partial charge in [-0.2, -0.15) is 5.10 Å². The second-order valence-corrected chi connectivity index (χ2v) is 7.37. The summed E-state index contributed by atoms with van der Waals surface area (Å²) >= 11 is 0. The Hall–Kier alpha value is -1.08. The summed E-state index contributed by atoms with van der Waals surface area (Å²) in [5.74, 6) is 0.461. The van der Waals surface area contributed by atoms with Gasteiger partial charge >= 0.3 is 0 Å². The fourth-order valence-corrected chi connectivity index (χ4v) is 3.56. The van der Waals surface area contributed by atoms with Crippen molar-refractivity contribution in [3.8, 4) is 0 Å². The van der Waals surface area contributed by atoms with Crippen LogP contribution in [-0.4, -0.2) is 24.7 Å². The van der Waals surface area contributed by atoms with Crippen LogP contribution in [0.5, 0.6) is 0 Å². The van der Waals surface area contributed by atoms with Gasteiger partial charge in [0.05, 0.1) is 5.69 Å². The van der Waals surface area contributed by atoms with Crippen molar-refractivity contribution in [3.05, 3.63) is 5.69 Å². The molecule has 1 saturated carbocycles. The van der Waals surface area contributed by atoms with E-state index in [-0.39, 0.29) is 16.1 Å². The number of hydrogen-bond acceptors (Lipinski definition) is 4. The minimum absolute atomic E-state index is 0.0533. The summed E-state index contributed by atoms with van der Waals surface area (Å²) in [4.78, 5) is 0.100. The van der Waals surface area contributed by atoms with Gasteiger partial charge in [-0.25, -0.2) is 13.1 Å². The molecule has 1 fully saturated rings. The summed E-state index contributed by atoms with van der Waals surface area (Å²) in [7, 11) is -1.89. The van der Waals surface area contributed by atoms with Crippen molar-refractivity contribution in [2.45, 2.75) is 32.1 Å². The van der Waals surface area contributed by atoms with Gasteiger partial charge in [0.25, 0.3) is 0 Å². The van der Waals surface area contributed by atoms with Crippen LogP contribution in [0.25, 0.3) is 0 Å². The first-order valence-electron chi connectivity index (χ1n) is 5.94. The highest BCUT2D eigenvalue weighted by Gasteiger charge is 2.45. The average molecular weight is 272 g/mol. The highest BCUT2D eigenvalue weighted by molar-refractivity contribution is 7.89. The van der Waals surface area contributed by atoms with E-state index in [2.05, 4.69) is 23.7 Å². The van der Waals surface area contributed by atoms with Gasteiger partial charge in [-0.3, -0.25) is 4.68 Å². The van der Waals surface area contributed by atoms with Crippen molar-refractivity contribution in [1.82, 2.24) is 14.5 Å². The highest BCUT2D eigenvalue weighted by atomic mass is 32.2. The smallest absolute Gasteiger partial charge is 0.246 e. The largest absolute Gasteiger partial charge is 0.381 e. The predicted molar refractivity (Wildman–Crippen MR) is 69.4 cm³/mol. The zero-order chi connectivity index (χ0) is 13.7. The lowest BCUT2D eigenvalue weighted by atomic mass is 10.1. The quantitative estimate of drug-likeness (QED) is 0.841. The molecule has 0 saturated heterocycles. The molecule has 1 aromatic heterocycles. The van der Waals surface area contributed by atoms with Gasteiger partial charge in [-0.15, -0.1) is 0 Å². The van der Waals surface area contributed by atoms with Crippen molar-refractivity contribution in [1.29, 1.82) is 0 Å². The van der Waals surface area contributed by atoms with E-state index in [1.165, 1.54) is 4.68 Å². The van der Waals surface area contributed by atoms with Crippen molar-refractivity contribution >= 4 is 15.8 Å². The summed E-state index contributed by atoms with van der Waals surface area (Å²) in [6.07, 6.45) is 1.05. The molecule has 0 aliphatic heterocycles. The molecular weight excluding hydrogens is 252 g/mol. The van der Waals surface area contributed by atoms with Crippen LogP contribution in [-0.2, 0) is 17.1 Å². The standard InChI is InChI=1S/C11H20N4O2S/c1-7-9(10(12)14-15(7)4)18(16,17)13-6-8-5-11(8,2)3/h8,13H,5-6H2,1-4H3,(H2,12,14). The van der Waals surface area contributed by atoms with Crippen LogP contribution in [0, 0.1) is 18.3 Å². The molecule has 102 valence electrons. The first-order chi connectivity index (χ1) is 8.15. The third-order valence-electron chi connectivity index (χ3n) is 3.81. The summed E-state index contributed by atoms with van der Waals surface area (Å²) in [5, 5.41) is 3.92. The third-order valence-corrected chi connectivity index (χ3v) is 5.40. The zero-order valence-electron chi connectivity index (χ0n) is 11.2. The van der Waals surface area contributed by atoms with E-state index < -0.39 is 10.0 Å². The molecule has 6 nitrogen and oxygen atoms in total. The van der Waals surface area contributed by atoms with E-state index in [9.17, 15) is 8.42 Å². The van der Waals surface area contributed by atoms with E-state index in [0.29, 0.717) is 18.2 Å². The summed E-state index contributed by atoms with van der Waals surface area (Å²) in [6, 6.07) is 0. The van der Waals surface area contributed by atoms with Crippen molar-refractivity contribution < 1.29 is 8.42 Å². The van der Waals surface area contributed by atoms with Gasteiger partial charge in [-0.05, 0) is 24.7 Å². The molecule has 0 radical (unpaired) electrons. The Bertz CT molecular complexity index is 574. The Labute approximate surface area is 108 Å². The lowest BCUT2D eigenvalue weighted by molar-refractivity contribution is 0.537. The highest BCUT2D eigenvalue weighted by Crippen LogP contribution is 2.51. The Morgan fingerprint density at radius 1 is 1.56 bits per heavy atom. The number of aromatic nitrogens is 2. The Kier molecular flexibility index (Phi) is 2.94. The van der Waals surface area contributed by atoms with Gasteiger partial charge in [0.2, 0.25) is 10.0 Å². The molecule has 0 amide bonds. The molecule has 1 unspecified atom stereocenters. The van der Waals surface area contributed by atoms with Gasteiger partial charge < -0.3 is 5.73 Å². The number of nitrogen functional groups attached to an aromatic ring is 1. The molecule has 1 atom stereocenters. The minimum atomic E-state index is -3.56. The van der Waals surface area contributed by atoms with E-state index in [4.69, 9.17) is 5.73 Å². The molecule has 1 aromatic rings. The molecular formula is C11H20N4O2S. The van der Waals surface area contributed by atoms with Crippen LogP contribution < -0.4 is 10.5 Å². The number of nitrogens with one attached hydrogen (secondary N) is 1. The number of rotatable bonds is 4. The summed E-state index contributed by atoms with van der Waals surface area (Å²) in [5.41, 5.74) is 6.45. The van der Waals surface area contributed by atoms with Crippen LogP contribution in [0.3, 0.4) is 0 Å². The number of hydrogen-bond donors (Lipinski definition) is 2. The normalized spacial score (nSPS) is 22.1. The number of sulfonamides is 1. The first-order valence-corrected chi connectivity index (χ1v) is 7.42. The molecule has 0 bridgehead atoms. The molecule has 0 aromatic carbocycles. The molecule has 1 aliphatic rings. The maximum Gasteiger partial charge on any atom is 0.246 e. The van der Waals surface area contributed by atoms with Crippen LogP contribution in [0.4, 0.5) is 5.82 Å². The van der Waals surface area contributed by atoms with Gasteiger partial charge in [0.1, 0.15) is 4.90 Å². The van der Waals surface area contributed by atoms with Crippen LogP contribution in [0.2, 0.25) is 0 Å². The Morgan fingerprint density at radius 2 is 2.11 bits per heavy atom. The van der Waals surface area contributed by atoms with Gasteiger partial charge in [0, 0.05) is 13.6 Å². The Balaban J connectivity index is 2.16. The van der Waals surface area contributed by atoms with E-state index in [1.54, 1.807) is 14.0 Å². The topological polar surface area (TPSA) is 90.0 Å². The van der Waals surface area contributed by atoms with Crippen molar-refractivity contribution in [2.75, 3.05) is 12.3 Å². The molecule has 2 rings (SSSR count). The number of anilines is 1. The fraction of sp³-hybridized carbons (Fsp3) is 0.727. The first kappa shape index (κ1) is 13.4. The van der Waals surface area contributed by atoms with E-state index in [0.717, 1.165) is 6.42 Å². The van der Waals surface area contributed by atoms with E-state index in [1.807, 2.05) is 0 Å². The molecule has 0 spiro atoms. The predicted octanol–water partition coefficient (Wildman–Crippen LogP) is 0.635. The van der Waals surface area contributed by atoms with Crippen LogP contribution >= 0.6 is 0 Å². The molecule has 1 aliphatic carbocycles. The number of aryl methyl sites for hydroxylation is 1. The van der Waals surface area contributed by atoms with E-state index >= 15 is 0 Å². The molecule has 3 N–H and O–H groups in total. The Morgan fingerprint density at radius 3 is 2.50 bits per heavy atom. The zero-order valence-corrected chi connectivity index (χ0v) is 12.0. The lowest BCUT2D eigenvalue weighted by Gasteiger charge is -2.08.